The second kappa shape index (κ2) is 11.0. The summed E-state index contributed by atoms with van der Waals surface area (Å²) in [6, 6.07) is 6.44. The summed E-state index contributed by atoms with van der Waals surface area (Å²) in [5.41, 5.74) is 3.81. The van der Waals surface area contributed by atoms with Crippen LogP contribution in [0.5, 0.6) is 5.75 Å². The largest absolute Gasteiger partial charge is 0.495 e. The fourth-order valence-corrected chi connectivity index (χ4v) is 5.90. The van der Waals surface area contributed by atoms with Crippen molar-refractivity contribution in [1.29, 1.82) is 0 Å². The number of carbonyl (C=O) groups is 1. The molecular formula is C29H41N6O3+. The molecule has 1 saturated carbocycles. The zero-order valence-electron chi connectivity index (χ0n) is 23.3. The Balaban J connectivity index is 1.34. The molecular weight excluding hydrogens is 480 g/mol. The number of hydrogen-bond acceptors (Lipinski definition) is 7. The normalized spacial score (nSPS) is 28.0. The van der Waals surface area contributed by atoms with Crippen molar-refractivity contribution in [2.75, 3.05) is 52.7 Å². The van der Waals surface area contributed by atoms with E-state index >= 15 is 0 Å². The van der Waals surface area contributed by atoms with Gasteiger partial charge in [-0.1, -0.05) is 13.3 Å². The van der Waals surface area contributed by atoms with Crippen LogP contribution in [0.1, 0.15) is 45.1 Å². The summed E-state index contributed by atoms with van der Waals surface area (Å²) < 4.78 is 11.6. The minimum absolute atomic E-state index is 0.139. The Kier molecular flexibility index (Phi) is 7.70. The molecule has 1 saturated heterocycles. The van der Waals surface area contributed by atoms with Gasteiger partial charge in [-0.05, 0) is 51.4 Å². The number of nitrogens with zero attached hydrogens (tertiary/aromatic N) is 5. The number of amides is 1. The number of allylic oxidation sites excluding steroid dienone is 2. The molecule has 1 amide bonds. The second-order valence-electron chi connectivity index (χ2n) is 11.1. The number of likely N-dealkylation sites (N-methyl/N-ethyl adjacent to an activating group) is 1. The van der Waals surface area contributed by atoms with Crippen LogP contribution in [0.4, 0.5) is 10.5 Å². The Morgan fingerprint density at radius 2 is 2.00 bits per heavy atom. The number of rotatable bonds is 8. The van der Waals surface area contributed by atoms with Crippen LogP contribution >= 0.6 is 0 Å². The second-order valence-corrected chi connectivity index (χ2v) is 11.1. The van der Waals surface area contributed by atoms with Gasteiger partial charge in [-0.15, -0.1) is 0 Å². The highest BCUT2D eigenvalue weighted by atomic mass is 16.6. The molecule has 3 aliphatic heterocycles. The first-order valence-corrected chi connectivity index (χ1v) is 13.8. The minimum atomic E-state index is -0.476. The third kappa shape index (κ3) is 5.15. The summed E-state index contributed by atoms with van der Waals surface area (Å²) in [4.78, 5) is 27.2. The number of methoxy groups -OCH3 is 1. The van der Waals surface area contributed by atoms with E-state index in [4.69, 9.17) is 14.5 Å². The molecule has 204 valence electrons. The highest BCUT2D eigenvalue weighted by Gasteiger charge is 2.48. The van der Waals surface area contributed by atoms with Crippen molar-refractivity contribution >= 4 is 23.8 Å². The smallest absolute Gasteiger partial charge is 0.412 e. The molecule has 0 spiro atoms. The molecule has 1 aliphatic carbocycles. The maximum atomic E-state index is 12.4. The molecule has 0 radical (unpaired) electrons. The van der Waals surface area contributed by atoms with Crippen molar-refractivity contribution < 1.29 is 18.8 Å². The molecule has 3 heterocycles. The summed E-state index contributed by atoms with van der Waals surface area (Å²) in [6.45, 7) is 8.56. The van der Waals surface area contributed by atoms with E-state index in [9.17, 15) is 4.79 Å². The number of fused-ring (bicyclic) bond motifs is 1. The highest BCUT2D eigenvalue weighted by Crippen LogP contribution is 2.45. The fourth-order valence-electron chi connectivity index (χ4n) is 5.90. The Labute approximate surface area is 226 Å². The van der Waals surface area contributed by atoms with Crippen LogP contribution in [-0.4, -0.2) is 92.0 Å². The van der Waals surface area contributed by atoms with Gasteiger partial charge >= 0.3 is 6.09 Å². The zero-order chi connectivity index (χ0) is 26.9. The van der Waals surface area contributed by atoms with E-state index in [1.54, 1.807) is 7.11 Å². The zero-order valence-corrected chi connectivity index (χ0v) is 23.3. The number of aliphatic imine (C=N–C) groups is 2. The molecule has 4 aliphatic rings. The van der Waals surface area contributed by atoms with Crippen LogP contribution in [0.15, 0.2) is 52.0 Å². The average molecular weight is 522 g/mol. The number of hydrogen-bond donors (Lipinski definition) is 1. The van der Waals surface area contributed by atoms with Crippen LogP contribution in [0.25, 0.3) is 0 Å². The van der Waals surface area contributed by atoms with Crippen molar-refractivity contribution in [2.45, 2.75) is 51.7 Å². The van der Waals surface area contributed by atoms with Crippen molar-refractivity contribution in [2.24, 2.45) is 15.9 Å². The first kappa shape index (κ1) is 26.6. The summed E-state index contributed by atoms with van der Waals surface area (Å²) in [6.07, 6.45) is 9.35. The van der Waals surface area contributed by atoms with Crippen molar-refractivity contribution in [1.82, 2.24) is 9.80 Å². The molecule has 0 bridgehead atoms. The van der Waals surface area contributed by atoms with E-state index in [1.165, 1.54) is 0 Å². The number of carbonyl (C=O) groups excluding carboxylic acids is 1. The van der Waals surface area contributed by atoms with Gasteiger partial charge in [0, 0.05) is 38.1 Å². The van der Waals surface area contributed by atoms with Gasteiger partial charge in [0.1, 0.15) is 23.8 Å². The van der Waals surface area contributed by atoms with E-state index in [-0.39, 0.29) is 6.10 Å². The molecule has 1 aromatic rings. The lowest BCUT2D eigenvalue weighted by atomic mass is 9.76. The molecule has 2 fully saturated rings. The Bertz CT molecular complexity index is 1180. The molecule has 9 nitrogen and oxygen atoms in total. The molecule has 2 atom stereocenters. The predicted octanol–water partition coefficient (Wildman–Crippen LogP) is 4.43. The summed E-state index contributed by atoms with van der Waals surface area (Å²) in [7, 11) is 5.97. The Morgan fingerprint density at radius 1 is 1.24 bits per heavy atom. The van der Waals surface area contributed by atoms with Gasteiger partial charge in [0.2, 0.25) is 5.84 Å². The molecule has 1 N–H and O–H groups in total. The van der Waals surface area contributed by atoms with Crippen LogP contribution < -0.4 is 10.1 Å². The number of amidine groups is 1. The molecule has 2 unspecified atom stereocenters. The first-order valence-electron chi connectivity index (χ1n) is 13.8. The van der Waals surface area contributed by atoms with E-state index in [1.807, 2.05) is 37.5 Å². The van der Waals surface area contributed by atoms with Crippen LogP contribution in [0.3, 0.4) is 0 Å². The van der Waals surface area contributed by atoms with Crippen molar-refractivity contribution in [3.63, 3.8) is 0 Å². The third-order valence-corrected chi connectivity index (χ3v) is 8.33. The van der Waals surface area contributed by atoms with Gasteiger partial charge in [0.25, 0.3) is 0 Å². The lowest BCUT2D eigenvalue weighted by Gasteiger charge is -2.45. The molecule has 38 heavy (non-hydrogen) atoms. The van der Waals surface area contributed by atoms with Gasteiger partial charge in [-0.3, -0.25) is 15.2 Å². The fraction of sp³-hybridized carbons (Fsp3) is 0.552. The van der Waals surface area contributed by atoms with E-state index in [0.29, 0.717) is 27.9 Å². The molecule has 1 aromatic carbocycles. The average Bonchev–Trinajstić information content (AvgIpc) is 3.17. The monoisotopic (exact) mass is 521 g/mol. The van der Waals surface area contributed by atoms with Gasteiger partial charge in [-0.2, -0.15) is 4.99 Å². The van der Waals surface area contributed by atoms with Crippen LogP contribution in [0.2, 0.25) is 0 Å². The van der Waals surface area contributed by atoms with Crippen LogP contribution in [-0.2, 0) is 4.74 Å². The van der Waals surface area contributed by atoms with E-state index in [2.05, 4.69) is 47.3 Å². The van der Waals surface area contributed by atoms with Gasteiger partial charge in [0.05, 0.1) is 37.8 Å². The lowest BCUT2D eigenvalue weighted by molar-refractivity contribution is -0.713. The quantitative estimate of drug-likeness (QED) is 0.512. The Morgan fingerprint density at radius 3 is 2.71 bits per heavy atom. The third-order valence-electron chi connectivity index (χ3n) is 8.33. The maximum absolute atomic E-state index is 12.4. The Hall–Kier alpha value is -3.01. The van der Waals surface area contributed by atoms with E-state index < -0.39 is 6.09 Å². The number of ether oxygens (including phenoxy) is 2. The first-order chi connectivity index (χ1) is 18.3. The lowest BCUT2D eigenvalue weighted by Crippen LogP contribution is -2.53. The SMILES string of the molecule is CCCC(C)OC(=O)Nc1ccc(C2=NC(C3CC(N4CCN(C)CC4)C3)=C3C=NC=C[N+]23C)cc1OC. The standard InChI is InChI=1S/C29H40N6O3/c1-6-7-20(2)38-29(36)31-24-9-8-21(18-26(24)37-5)28-32-27(25-19-30-10-15-35(25,28)4)22-16-23(17-22)34-13-11-33(3)12-14-34/h8-10,15,18-20,22-23H,6-7,11-14,16-17H2,1-5H3/p+1. The number of piperazine rings is 1. The summed E-state index contributed by atoms with van der Waals surface area (Å²) in [5, 5.41) is 2.83. The topological polar surface area (TPSA) is 78.8 Å². The van der Waals surface area contributed by atoms with Gasteiger partial charge < -0.3 is 14.4 Å². The van der Waals surface area contributed by atoms with Gasteiger partial charge in [0.15, 0.2) is 5.70 Å². The maximum Gasteiger partial charge on any atom is 0.412 e. The summed E-state index contributed by atoms with van der Waals surface area (Å²) >= 11 is 0. The van der Waals surface area contributed by atoms with Crippen molar-refractivity contribution in [3.05, 3.63) is 47.6 Å². The predicted molar refractivity (Wildman–Crippen MR) is 150 cm³/mol. The van der Waals surface area contributed by atoms with E-state index in [0.717, 1.165) is 74.7 Å². The molecule has 9 heteroatoms. The number of anilines is 1. The van der Waals surface area contributed by atoms with Crippen LogP contribution in [0, 0.1) is 5.92 Å². The molecule has 5 rings (SSSR count). The number of quaternary nitrogens is 1. The van der Waals surface area contributed by atoms with Crippen molar-refractivity contribution in [3.8, 4) is 5.75 Å². The highest BCUT2D eigenvalue weighted by molar-refractivity contribution is 6.01. The summed E-state index contributed by atoms with van der Waals surface area (Å²) in [5.74, 6) is 1.94. The molecule has 0 aromatic heterocycles. The number of benzene rings is 1. The van der Waals surface area contributed by atoms with Gasteiger partial charge in [-0.25, -0.2) is 9.28 Å². The number of nitrogens with one attached hydrogen (secondary N) is 1. The minimum Gasteiger partial charge on any atom is -0.495 e.